The summed E-state index contributed by atoms with van der Waals surface area (Å²) in [6.45, 7) is 8.99. The molecule has 0 aromatic rings. The third-order valence-corrected chi connectivity index (χ3v) is 12.1. The predicted molar refractivity (Wildman–Crippen MR) is 75.3 cm³/mol. The lowest BCUT2D eigenvalue weighted by Gasteiger charge is -2.40. The minimum absolute atomic E-state index is 0.0563. The van der Waals surface area contributed by atoms with Gasteiger partial charge in [0, 0.05) is 5.88 Å². The van der Waals surface area contributed by atoms with Gasteiger partial charge in [-0.2, -0.15) is 0 Å². The Bertz CT molecular complexity index is 133. The van der Waals surface area contributed by atoms with Gasteiger partial charge >= 0.3 is 0 Å². The van der Waals surface area contributed by atoms with Gasteiger partial charge in [-0.15, -0.1) is 23.2 Å². The van der Waals surface area contributed by atoms with Gasteiger partial charge < -0.3 is 0 Å². The zero-order valence-corrected chi connectivity index (χ0v) is 13.0. The molecule has 0 aromatic heterocycles. The standard InChI is InChI=1S/C10H22Cl2P2/c1-5-13(6-2)10(12,9-11)14(7-3)8-4/h5-9H2,1-4H3. The molecule has 0 N–H and O–H groups in total. The Morgan fingerprint density at radius 2 is 1.14 bits per heavy atom. The van der Waals surface area contributed by atoms with Gasteiger partial charge in [-0.3, -0.25) is 0 Å². The Balaban J connectivity index is 4.72. The van der Waals surface area contributed by atoms with Gasteiger partial charge in [0.2, 0.25) is 0 Å². The molecule has 0 saturated carbocycles. The summed E-state index contributed by atoms with van der Waals surface area (Å²) in [5.41, 5.74) is 0. The van der Waals surface area contributed by atoms with Crippen LogP contribution in [0.4, 0.5) is 0 Å². The van der Waals surface area contributed by atoms with Crippen LogP contribution in [0, 0.1) is 0 Å². The Morgan fingerprint density at radius 3 is 1.29 bits per heavy atom. The van der Waals surface area contributed by atoms with Crippen molar-refractivity contribution >= 4 is 39.0 Å². The highest BCUT2D eigenvalue weighted by Crippen LogP contribution is 2.69. The zero-order valence-electron chi connectivity index (χ0n) is 9.69. The van der Waals surface area contributed by atoms with E-state index in [1.165, 1.54) is 24.6 Å². The Hall–Kier alpha value is 1.44. The van der Waals surface area contributed by atoms with Crippen molar-refractivity contribution < 1.29 is 0 Å². The number of halogens is 2. The molecule has 0 bridgehead atoms. The molecule has 86 valence electrons. The van der Waals surface area contributed by atoms with E-state index in [-0.39, 0.29) is 20.2 Å². The van der Waals surface area contributed by atoms with Crippen molar-refractivity contribution in [3.8, 4) is 0 Å². The third kappa shape index (κ3) is 3.48. The second kappa shape index (κ2) is 7.67. The quantitative estimate of drug-likeness (QED) is 0.444. The molecule has 0 aromatic carbocycles. The first-order valence-corrected chi connectivity index (χ1v) is 9.69. The van der Waals surface area contributed by atoms with E-state index >= 15 is 0 Å². The van der Waals surface area contributed by atoms with Gasteiger partial charge in [-0.1, -0.05) is 43.5 Å². The smallest absolute Gasteiger partial charge is 0.0962 e. The molecule has 0 aliphatic heterocycles. The van der Waals surface area contributed by atoms with Gasteiger partial charge in [-0.05, 0) is 24.6 Å². The van der Waals surface area contributed by atoms with Crippen molar-refractivity contribution in [1.29, 1.82) is 0 Å². The first-order valence-electron chi connectivity index (χ1n) is 5.35. The van der Waals surface area contributed by atoms with Crippen LogP contribution in [-0.4, -0.2) is 34.9 Å². The molecule has 0 nitrogen and oxygen atoms in total. The molecule has 0 aliphatic rings. The highest BCUT2D eigenvalue weighted by Gasteiger charge is 2.39. The summed E-state index contributed by atoms with van der Waals surface area (Å²) in [4.78, 5) is 0. The number of alkyl halides is 2. The van der Waals surface area contributed by atoms with Crippen molar-refractivity contribution in [2.45, 2.75) is 32.1 Å². The largest absolute Gasteiger partial charge is 0.124 e. The van der Waals surface area contributed by atoms with Crippen LogP contribution in [0.3, 0.4) is 0 Å². The summed E-state index contributed by atoms with van der Waals surface area (Å²) < 4.78 is -0.0563. The summed E-state index contributed by atoms with van der Waals surface area (Å²) in [5, 5.41) is 0. The molecular formula is C10H22Cl2P2. The number of rotatable bonds is 7. The van der Waals surface area contributed by atoms with E-state index in [9.17, 15) is 0 Å². The molecule has 0 rings (SSSR count). The summed E-state index contributed by atoms with van der Waals surface area (Å²) in [6.07, 6.45) is 4.84. The molecule has 14 heavy (non-hydrogen) atoms. The van der Waals surface area contributed by atoms with E-state index in [1.807, 2.05) is 0 Å². The maximum atomic E-state index is 6.78. The molecule has 0 aliphatic carbocycles. The predicted octanol–water partition coefficient (Wildman–Crippen LogP) is 5.16. The summed E-state index contributed by atoms with van der Waals surface area (Å²) in [6, 6.07) is 0. The maximum Gasteiger partial charge on any atom is 0.0962 e. The summed E-state index contributed by atoms with van der Waals surface area (Å²) in [5.74, 6) is 0.634. The number of hydrogen-bond donors (Lipinski definition) is 0. The van der Waals surface area contributed by atoms with E-state index in [0.29, 0.717) is 5.88 Å². The molecule has 0 saturated heterocycles. The van der Waals surface area contributed by atoms with E-state index in [1.54, 1.807) is 0 Å². The molecule has 0 radical (unpaired) electrons. The van der Waals surface area contributed by atoms with Crippen molar-refractivity contribution in [2.24, 2.45) is 0 Å². The van der Waals surface area contributed by atoms with Crippen LogP contribution in [0.15, 0.2) is 0 Å². The average Bonchev–Trinajstić information content (AvgIpc) is 2.21. The van der Waals surface area contributed by atoms with Gasteiger partial charge in [-0.25, -0.2) is 0 Å². The Kier molecular flexibility index (Phi) is 8.46. The minimum atomic E-state index is -0.0905. The lowest BCUT2D eigenvalue weighted by Crippen LogP contribution is -2.23. The fourth-order valence-electron chi connectivity index (χ4n) is 1.79. The molecule has 0 unspecified atom stereocenters. The van der Waals surface area contributed by atoms with E-state index in [0.717, 1.165) is 0 Å². The second-order valence-corrected chi connectivity index (χ2v) is 11.2. The van der Waals surface area contributed by atoms with Crippen molar-refractivity contribution in [1.82, 2.24) is 0 Å². The zero-order chi connectivity index (χ0) is 11.2. The van der Waals surface area contributed by atoms with E-state index in [2.05, 4.69) is 27.7 Å². The second-order valence-electron chi connectivity index (χ2n) is 3.20. The fourth-order valence-corrected chi connectivity index (χ4v) is 10.7. The van der Waals surface area contributed by atoms with E-state index in [4.69, 9.17) is 23.2 Å². The van der Waals surface area contributed by atoms with Crippen LogP contribution in [-0.2, 0) is 0 Å². The molecule has 0 atom stereocenters. The first-order chi connectivity index (χ1) is 6.60. The van der Waals surface area contributed by atoms with Gasteiger partial charge in [0.05, 0.1) is 4.36 Å². The minimum Gasteiger partial charge on any atom is -0.124 e. The van der Waals surface area contributed by atoms with Crippen LogP contribution < -0.4 is 0 Å². The topological polar surface area (TPSA) is 0 Å². The Labute approximate surface area is 102 Å². The number of hydrogen-bond acceptors (Lipinski definition) is 0. The third-order valence-electron chi connectivity index (χ3n) is 2.67. The molecule has 0 heterocycles. The van der Waals surface area contributed by atoms with Crippen molar-refractivity contribution in [3.63, 3.8) is 0 Å². The van der Waals surface area contributed by atoms with Crippen molar-refractivity contribution in [2.75, 3.05) is 30.5 Å². The summed E-state index contributed by atoms with van der Waals surface area (Å²) in [7, 11) is -0.181. The molecule has 4 heteroatoms. The molecule has 0 spiro atoms. The van der Waals surface area contributed by atoms with Gasteiger partial charge in [0.1, 0.15) is 0 Å². The highest BCUT2D eigenvalue weighted by molar-refractivity contribution is 7.80. The first kappa shape index (κ1) is 15.4. The SMILES string of the molecule is CCP(CC)C(Cl)(CCl)P(CC)CC. The Morgan fingerprint density at radius 1 is 0.857 bits per heavy atom. The van der Waals surface area contributed by atoms with Crippen LogP contribution in [0.5, 0.6) is 0 Å². The summed E-state index contributed by atoms with van der Waals surface area (Å²) >= 11 is 12.9. The lowest BCUT2D eigenvalue weighted by atomic mass is 10.9. The van der Waals surface area contributed by atoms with E-state index < -0.39 is 0 Å². The average molecular weight is 275 g/mol. The molecule has 0 fully saturated rings. The highest BCUT2D eigenvalue weighted by atomic mass is 35.5. The van der Waals surface area contributed by atoms with Gasteiger partial charge in [0.25, 0.3) is 0 Å². The normalized spacial score (nSPS) is 12.9. The fraction of sp³-hybridized carbons (Fsp3) is 1.00. The van der Waals surface area contributed by atoms with Gasteiger partial charge in [0.15, 0.2) is 0 Å². The monoisotopic (exact) mass is 274 g/mol. The molecule has 0 amide bonds. The maximum absolute atomic E-state index is 6.78. The molecular weight excluding hydrogens is 253 g/mol. The van der Waals surface area contributed by atoms with Crippen molar-refractivity contribution in [3.05, 3.63) is 0 Å². The van der Waals surface area contributed by atoms with Crippen LogP contribution in [0.1, 0.15) is 27.7 Å². The van der Waals surface area contributed by atoms with Crippen LogP contribution in [0.25, 0.3) is 0 Å². The van der Waals surface area contributed by atoms with Crippen LogP contribution >= 0.6 is 39.0 Å². The lowest BCUT2D eigenvalue weighted by molar-refractivity contribution is 1.18. The van der Waals surface area contributed by atoms with Crippen LogP contribution in [0.2, 0.25) is 0 Å².